The minimum atomic E-state index is 0.0161. The van der Waals surface area contributed by atoms with Gasteiger partial charge in [0.15, 0.2) is 5.78 Å². The number of allylic oxidation sites excluding steroid dienone is 2. The molecule has 0 bridgehead atoms. The van der Waals surface area contributed by atoms with Crippen LogP contribution < -0.4 is 0 Å². The maximum absolute atomic E-state index is 13.2. The smallest absolute Gasteiger partial charge is 0.159 e. The van der Waals surface area contributed by atoms with Crippen LogP contribution >= 0.6 is 0 Å². The number of ketones is 2. The lowest BCUT2D eigenvalue weighted by atomic mass is 9.42. The van der Waals surface area contributed by atoms with Gasteiger partial charge in [0.05, 0.1) is 0 Å². The molecule has 0 spiro atoms. The average Bonchev–Trinajstić information content (AvgIpc) is 2.83. The lowest BCUT2D eigenvalue weighted by Gasteiger charge is -2.61. The summed E-state index contributed by atoms with van der Waals surface area (Å²) in [5, 5.41) is 0. The molecule has 0 aromatic carbocycles. The summed E-state index contributed by atoms with van der Waals surface area (Å²) in [6.45, 7) is 13.6. The van der Waals surface area contributed by atoms with Gasteiger partial charge in [-0.05, 0) is 85.5 Å². The van der Waals surface area contributed by atoms with Crippen LogP contribution in [0.25, 0.3) is 0 Å². The molecule has 0 aliphatic heterocycles. The fourth-order valence-corrected chi connectivity index (χ4v) is 7.92. The van der Waals surface area contributed by atoms with Gasteiger partial charge >= 0.3 is 0 Å². The number of rotatable bonds is 1. The van der Waals surface area contributed by atoms with E-state index in [9.17, 15) is 9.59 Å². The molecule has 0 saturated heterocycles. The monoisotopic (exact) mass is 356 g/mol. The molecule has 4 rings (SSSR count). The Morgan fingerprint density at radius 1 is 1.04 bits per heavy atom. The van der Waals surface area contributed by atoms with Crippen LogP contribution in [0.5, 0.6) is 0 Å². The van der Waals surface area contributed by atoms with Crippen LogP contribution in [0.1, 0.15) is 80.1 Å². The zero-order chi connectivity index (χ0) is 19.1. The van der Waals surface area contributed by atoms with Crippen molar-refractivity contribution in [2.24, 2.45) is 45.8 Å². The van der Waals surface area contributed by atoms with Gasteiger partial charge in [0, 0.05) is 11.8 Å². The molecule has 0 aromatic rings. The molecule has 0 amide bonds. The zero-order valence-electron chi connectivity index (χ0n) is 17.5. The predicted molar refractivity (Wildman–Crippen MR) is 105 cm³/mol. The van der Waals surface area contributed by atoms with Crippen molar-refractivity contribution in [3.8, 4) is 0 Å². The van der Waals surface area contributed by atoms with Crippen LogP contribution in [0.15, 0.2) is 11.6 Å². The standard InChI is InChI=1S/C24H36O2/c1-14-11-20-21(26)12-19-18(22(20,4)13-15(14)2)8-10-23(5)17(16(3)25)7-9-24(19,23)6/h12,14-15,17-18,20H,7-11,13H2,1-6H3/t14-,15+,17-,18?,20+,22-,23-,24+/m1/s1. The van der Waals surface area contributed by atoms with E-state index < -0.39 is 0 Å². The van der Waals surface area contributed by atoms with E-state index in [0.717, 1.165) is 32.1 Å². The molecule has 26 heavy (non-hydrogen) atoms. The molecule has 3 fully saturated rings. The fourth-order valence-electron chi connectivity index (χ4n) is 7.92. The van der Waals surface area contributed by atoms with Crippen molar-refractivity contribution in [3.63, 3.8) is 0 Å². The quantitative estimate of drug-likeness (QED) is 0.612. The Labute approximate surface area is 159 Å². The summed E-state index contributed by atoms with van der Waals surface area (Å²) < 4.78 is 0. The second-order valence-corrected chi connectivity index (χ2v) is 11.0. The molecule has 0 N–H and O–H groups in total. The Balaban J connectivity index is 1.80. The molecule has 0 aromatic heterocycles. The summed E-state index contributed by atoms with van der Waals surface area (Å²) in [4.78, 5) is 25.6. The number of carbonyl (C=O) groups is 2. The Morgan fingerprint density at radius 2 is 1.73 bits per heavy atom. The molecule has 8 atom stereocenters. The van der Waals surface area contributed by atoms with E-state index in [1.54, 1.807) is 6.92 Å². The SMILES string of the molecule is CC(=O)[C@H]1CC[C@@]2(C)C3=CC(=O)[C@@H]4C[C@@H](C)[C@@H](C)C[C@]4(C)C3CC[C@]12C. The van der Waals surface area contributed by atoms with Crippen LogP contribution in [0, 0.1) is 45.8 Å². The molecular formula is C24H36O2. The molecule has 0 radical (unpaired) electrons. The van der Waals surface area contributed by atoms with E-state index in [0.29, 0.717) is 29.3 Å². The van der Waals surface area contributed by atoms with Crippen LogP contribution in [-0.4, -0.2) is 11.6 Å². The first kappa shape index (κ1) is 18.4. The lowest BCUT2D eigenvalue weighted by molar-refractivity contribution is -0.134. The first-order valence-corrected chi connectivity index (χ1v) is 10.8. The minimum Gasteiger partial charge on any atom is -0.300 e. The lowest BCUT2D eigenvalue weighted by Crippen LogP contribution is -2.56. The molecule has 1 unspecified atom stereocenters. The first-order chi connectivity index (χ1) is 12.0. The van der Waals surface area contributed by atoms with E-state index in [-0.39, 0.29) is 28.1 Å². The molecule has 4 aliphatic carbocycles. The largest absolute Gasteiger partial charge is 0.300 e. The third-order valence-electron chi connectivity index (χ3n) is 9.99. The van der Waals surface area contributed by atoms with Gasteiger partial charge in [0.1, 0.15) is 5.78 Å². The Morgan fingerprint density at radius 3 is 2.38 bits per heavy atom. The van der Waals surface area contributed by atoms with Gasteiger partial charge in [-0.2, -0.15) is 0 Å². The first-order valence-electron chi connectivity index (χ1n) is 10.8. The number of carbonyl (C=O) groups excluding carboxylic acids is 2. The Bertz CT molecular complexity index is 690. The van der Waals surface area contributed by atoms with Crippen LogP contribution in [-0.2, 0) is 9.59 Å². The van der Waals surface area contributed by atoms with E-state index in [1.165, 1.54) is 12.0 Å². The topological polar surface area (TPSA) is 34.1 Å². The highest BCUT2D eigenvalue weighted by Crippen LogP contribution is 2.71. The molecule has 0 heterocycles. The van der Waals surface area contributed by atoms with E-state index in [1.807, 2.05) is 0 Å². The highest BCUT2D eigenvalue weighted by atomic mass is 16.1. The summed E-state index contributed by atoms with van der Waals surface area (Å²) in [7, 11) is 0. The van der Waals surface area contributed by atoms with Crippen molar-refractivity contribution < 1.29 is 9.59 Å². The van der Waals surface area contributed by atoms with E-state index >= 15 is 0 Å². The van der Waals surface area contributed by atoms with Gasteiger partial charge in [-0.15, -0.1) is 0 Å². The second kappa shape index (κ2) is 5.55. The highest BCUT2D eigenvalue weighted by molar-refractivity contribution is 5.95. The van der Waals surface area contributed by atoms with Crippen molar-refractivity contribution in [1.82, 2.24) is 0 Å². The molecule has 144 valence electrons. The Hall–Kier alpha value is -0.920. The van der Waals surface area contributed by atoms with E-state index in [2.05, 4.69) is 40.7 Å². The predicted octanol–water partition coefficient (Wildman–Crippen LogP) is 5.61. The van der Waals surface area contributed by atoms with Crippen molar-refractivity contribution in [3.05, 3.63) is 11.6 Å². The molecule has 2 heteroatoms. The van der Waals surface area contributed by atoms with Crippen molar-refractivity contribution in [1.29, 1.82) is 0 Å². The zero-order valence-corrected chi connectivity index (χ0v) is 17.5. The van der Waals surface area contributed by atoms with Crippen molar-refractivity contribution >= 4 is 11.6 Å². The van der Waals surface area contributed by atoms with Gasteiger partial charge in [0.2, 0.25) is 0 Å². The summed E-state index contributed by atoms with van der Waals surface area (Å²) in [5.74, 6) is 2.98. The van der Waals surface area contributed by atoms with Gasteiger partial charge < -0.3 is 0 Å². The summed E-state index contributed by atoms with van der Waals surface area (Å²) in [6.07, 6.45) is 8.65. The van der Waals surface area contributed by atoms with Crippen molar-refractivity contribution in [2.45, 2.75) is 80.1 Å². The summed E-state index contributed by atoms with van der Waals surface area (Å²) in [6, 6.07) is 0. The van der Waals surface area contributed by atoms with E-state index in [4.69, 9.17) is 0 Å². The Kier molecular flexibility index (Phi) is 3.94. The summed E-state index contributed by atoms with van der Waals surface area (Å²) >= 11 is 0. The van der Waals surface area contributed by atoms with Crippen LogP contribution in [0.2, 0.25) is 0 Å². The van der Waals surface area contributed by atoms with Gasteiger partial charge in [-0.3, -0.25) is 9.59 Å². The summed E-state index contributed by atoms with van der Waals surface area (Å²) in [5.41, 5.74) is 1.58. The van der Waals surface area contributed by atoms with Gasteiger partial charge in [0.25, 0.3) is 0 Å². The third-order valence-corrected chi connectivity index (χ3v) is 9.99. The fraction of sp³-hybridized carbons (Fsp3) is 0.833. The number of hydrogen-bond acceptors (Lipinski definition) is 2. The van der Waals surface area contributed by atoms with Gasteiger partial charge in [-0.1, -0.05) is 40.2 Å². The number of fused-ring (bicyclic) bond motifs is 5. The normalized spacial score (nSPS) is 53.4. The van der Waals surface area contributed by atoms with Crippen molar-refractivity contribution in [2.75, 3.05) is 0 Å². The van der Waals surface area contributed by atoms with Crippen LogP contribution in [0.3, 0.4) is 0 Å². The molecule has 2 nitrogen and oxygen atoms in total. The second-order valence-electron chi connectivity index (χ2n) is 11.0. The molecule has 3 saturated carbocycles. The third kappa shape index (κ3) is 2.11. The minimum absolute atomic E-state index is 0.0161. The molecular weight excluding hydrogens is 320 g/mol. The number of Topliss-reactive ketones (excluding diaryl/α,β-unsaturated/α-hetero) is 1. The number of hydrogen-bond donors (Lipinski definition) is 0. The maximum Gasteiger partial charge on any atom is 0.159 e. The van der Waals surface area contributed by atoms with Gasteiger partial charge in [-0.25, -0.2) is 0 Å². The highest BCUT2D eigenvalue weighted by Gasteiger charge is 2.65. The van der Waals surface area contributed by atoms with Crippen LogP contribution in [0.4, 0.5) is 0 Å². The molecule has 4 aliphatic rings. The average molecular weight is 357 g/mol. The maximum atomic E-state index is 13.2.